The molecule has 1 saturated heterocycles. The quantitative estimate of drug-likeness (QED) is 0.887. The van der Waals surface area contributed by atoms with Gasteiger partial charge in [-0.05, 0) is 31.9 Å². The summed E-state index contributed by atoms with van der Waals surface area (Å²) >= 11 is 0. The lowest BCUT2D eigenvalue weighted by Gasteiger charge is -2.32. The number of furan rings is 1. The Balaban J connectivity index is 1.71. The molecule has 1 aliphatic heterocycles. The number of rotatable bonds is 4. The fourth-order valence-electron chi connectivity index (χ4n) is 2.79. The molecule has 0 spiro atoms. The van der Waals surface area contributed by atoms with Crippen LogP contribution in [0.25, 0.3) is 0 Å². The number of anilines is 1. The SMILES string of the molecule is Cc1ccc(N2CCCC(NC(=O)c3cc(C(=O)O)co3)C2=O)cc1. The molecule has 2 heterocycles. The molecule has 130 valence electrons. The van der Waals surface area contributed by atoms with Gasteiger partial charge in [0.05, 0.1) is 5.56 Å². The molecule has 0 radical (unpaired) electrons. The number of benzene rings is 1. The standard InChI is InChI=1S/C18H18N2O5/c1-11-4-6-13(7-5-11)20-8-2-3-14(17(20)22)19-16(21)15-9-12(10-25-15)18(23)24/h4-7,9-10,14H,2-3,8H2,1H3,(H,19,21)(H,23,24). The summed E-state index contributed by atoms with van der Waals surface area (Å²) in [6.45, 7) is 2.57. The average Bonchev–Trinajstić information content (AvgIpc) is 3.08. The average molecular weight is 342 g/mol. The van der Waals surface area contributed by atoms with Crippen LogP contribution in [0.1, 0.15) is 39.3 Å². The normalized spacial score (nSPS) is 17.4. The highest BCUT2D eigenvalue weighted by atomic mass is 16.4. The predicted octanol–water partition coefficient (Wildman–Crippen LogP) is 2.21. The van der Waals surface area contributed by atoms with Crippen LogP contribution in [-0.2, 0) is 4.79 Å². The zero-order valence-electron chi connectivity index (χ0n) is 13.7. The fourth-order valence-corrected chi connectivity index (χ4v) is 2.79. The number of nitrogens with zero attached hydrogens (tertiary/aromatic N) is 1. The van der Waals surface area contributed by atoms with Gasteiger partial charge in [-0.3, -0.25) is 9.59 Å². The Morgan fingerprint density at radius 2 is 2.00 bits per heavy atom. The minimum atomic E-state index is -1.18. The van der Waals surface area contributed by atoms with Gasteiger partial charge in [0.25, 0.3) is 5.91 Å². The van der Waals surface area contributed by atoms with Gasteiger partial charge in [-0.2, -0.15) is 0 Å². The van der Waals surface area contributed by atoms with Crippen LogP contribution in [0.15, 0.2) is 41.0 Å². The Morgan fingerprint density at radius 3 is 2.64 bits per heavy atom. The van der Waals surface area contributed by atoms with Gasteiger partial charge < -0.3 is 19.7 Å². The third-order valence-electron chi connectivity index (χ3n) is 4.16. The lowest BCUT2D eigenvalue weighted by molar-refractivity contribution is -0.121. The van der Waals surface area contributed by atoms with E-state index in [0.29, 0.717) is 13.0 Å². The maximum Gasteiger partial charge on any atom is 0.338 e. The van der Waals surface area contributed by atoms with Crippen LogP contribution >= 0.6 is 0 Å². The van der Waals surface area contributed by atoms with Crippen LogP contribution in [0.5, 0.6) is 0 Å². The van der Waals surface area contributed by atoms with E-state index in [4.69, 9.17) is 9.52 Å². The summed E-state index contributed by atoms with van der Waals surface area (Å²) in [5.74, 6) is -2.09. The van der Waals surface area contributed by atoms with Crippen molar-refractivity contribution in [3.05, 3.63) is 53.5 Å². The van der Waals surface area contributed by atoms with Gasteiger partial charge in [0.15, 0.2) is 5.76 Å². The molecule has 1 fully saturated rings. The lowest BCUT2D eigenvalue weighted by Crippen LogP contribution is -2.52. The van der Waals surface area contributed by atoms with E-state index in [1.54, 1.807) is 4.90 Å². The van der Waals surface area contributed by atoms with Crippen LogP contribution in [-0.4, -0.2) is 35.5 Å². The zero-order valence-corrected chi connectivity index (χ0v) is 13.7. The zero-order chi connectivity index (χ0) is 18.0. The molecule has 0 bridgehead atoms. The first-order valence-electron chi connectivity index (χ1n) is 7.96. The maximum atomic E-state index is 12.7. The summed E-state index contributed by atoms with van der Waals surface area (Å²) in [5.41, 5.74) is 1.78. The van der Waals surface area contributed by atoms with Gasteiger partial charge in [-0.15, -0.1) is 0 Å². The molecule has 7 nitrogen and oxygen atoms in total. The van der Waals surface area contributed by atoms with E-state index in [1.807, 2.05) is 31.2 Å². The third kappa shape index (κ3) is 3.55. The van der Waals surface area contributed by atoms with E-state index in [0.717, 1.165) is 30.0 Å². The first kappa shape index (κ1) is 16.8. The first-order valence-corrected chi connectivity index (χ1v) is 7.96. The Labute approximate surface area is 144 Å². The number of piperidine rings is 1. The molecule has 1 atom stereocenters. The van der Waals surface area contributed by atoms with Crippen molar-refractivity contribution in [3.63, 3.8) is 0 Å². The van der Waals surface area contributed by atoms with Crippen molar-refractivity contribution in [2.24, 2.45) is 0 Å². The number of hydrogen-bond donors (Lipinski definition) is 2. The summed E-state index contributed by atoms with van der Waals surface area (Å²) in [6.07, 6.45) is 2.28. The summed E-state index contributed by atoms with van der Waals surface area (Å²) in [4.78, 5) is 37.4. The van der Waals surface area contributed by atoms with E-state index >= 15 is 0 Å². The smallest absolute Gasteiger partial charge is 0.338 e. The molecule has 0 aliphatic carbocycles. The largest absolute Gasteiger partial charge is 0.478 e. The fraction of sp³-hybridized carbons (Fsp3) is 0.278. The molecule has 3 rings (SSSR count). The Bertz CT molecular complexity index is 809. The van der Waals surface area contributed by atoms with Gasteiger partial charge in [0, 0.05) is 18.3 Å². The molecule has 7 heteroatoms. The van der Waals surface area contributed by atoms with E-state index in [9.17, 15) is 14.4 Å². The number of nitrogens with one attached hydrogen (secondary N) is 1. The van der Waals surface area contributed by atoms with E-state index < -0.39 is 17.9 Å². The number of carboxylic acid groups (broad SMARTS) is 1. The predicted molar refractivity (Wildman–Crippen MR) is 89.7 cm³/mol. The highest BCUT2D eigenvalue weighted by Gasteiger charge is 2.31. The minimum Gasteiger partial charge on any atom is -0.478 e. The van der Waals surface area contributed by atoms with Gasteiger partial charge in [0.1, 0.15) is 12.3 Å². The summed E-state index contributed by atoms with van der Waals surface area (Å²) in [7, 11) is 0. The van der Waals surface area contributed by atoms with E-state index in [2.05, 4.69) is 5.32 Å². The van der Waals surface area contributed by atoms with Crippen molar-refractivity contribution in [2.75, 3.05) is 11.4 Å². The molecule has 1 aromatic heterocycles. The van der Waals surface area contributed by atoms with Gasteiger partial charge in [-0.1, -0.05) is 17.7 Å². The summed E-state index contributed by atoms with van der Waals surface area (Å²) < 4.78 is 4.97. The highest BCUT2D eigenvalue weighted by molar-refractivity contribution is 6.02. The molecular weight excluding hydrogens is 324 g/mol. The van der Waals surface area contributed by atoms with E-state index in [1.165, 1.54) is 0 Å². The lowest BCUT2D eigenvalue weighted by atomic mass is 10.0. The molecule has 2 aromatic rings. The molecular formula is C18H18N2O5. The third-order valence-corrected chi connectivity index (χ3v) is 4.16. The molecule has 2 amide bonds. The number of carboxylic acids is 1. The maximum absolute atomic E-state index is 12.7. The number of carbonyl (C=O) groups is 3. The molecule has 1 aromatic carbocycles. The Morgan fingerprint density at radius 1 is 1.28 bits per heavy atom. The van der Waals surface area contributed by atoms with Crippen LogP contribution < -0.4 is 10.2 Å². The summed E-state index contributed by atoms with van der Waals surface area (Å²) in [5, 5.41) is 11.5. The van der Waals surface area contributed by atoms with Crippen molar-refractivity contribution in [2.45, 2.75) is 25.8 Å². The second kappa shape index (κ2) is 6.80. The van der Waals surface area contributed by atoms with Crippen molar-refractivity contribution in [1.29, 1.82) is 0 Å². The number of hydrogen-bond acceptors (Lipinski definition) is 4. The van der Waals surface area contributed by atoms with Gasteiger partial charge in [-0.25, -0.2) is 4.79 Å². The second-order valence-electron chi connectivity index (χ2n) is 6.00. The van der Waals surface area contributed by atoms with Crippen LogP contribution in [0, 0.1) is 6.92 Å². The van der Waals surface area contributed by atoms with Crippen LogP contribution in [0.3, 0.4) is 0 Å². The molecule has 1 aliphatic rings. The number of aromatic carboxylic acids is 1. The van der Waals surface area contributed by atoms with Crippen molar-refractivity contribution in [3.8, 4) is 0 Å². The number of amides is 2. The van der Waals surface area contributed by atoms with Crippen molar-refractivity contribution < 1.29 is 23.9 Å². The van der Waals surface area contributed by atoms with Gasteiger partial charge >= 0.3 is 5.97 Å². The summed E-state index contributed by atoms with van der Waals surface area (Å²) in [6, 6.07) is 8.10. The molecule has 0 saturated carbocycles. The Kier molecular flexibility index (Phi) is 4.56. The first-order chi connectivity index (χ1) is 12.0. The number of carbonyl (C=O) groups excluding carboxylic acids is 2. The van der Waals surface area contributed by atoms with Gasteiger partial charge in [0.2, 0.25) is 5.91 Å². The van der Waals surface area contributed by atoms with Crippen LogP contribution in [0.4, 0.5) is 5.69 Å². The highest BCUT2D eigenvalue weighted by Crippen LogP contribution is 2.22. The minimum absolute atomic E-state index is 0.110. The van der Waals surface area contributed by atoms with Crippen molar-refractivity contribution >= 4 is 23.5 Å². The molecule has 25 heavy (non-hydrogen) atoms. The second-order valence-corrected chi connectivity index (χ2v) is 6.00. The number of aryl methyl sites for hydroxylation is 1. The van der Waals surface area contributed by atoms with Crippen LogP contribution in [0.2, 0.25) is 0 Å². The molecule has 2 N–H and O–H groups in total. The molecule has 1 unspecified atom stereocenters. The topological polar surface area (TPSA) is 99.8 Å². The van der Waals surface area contributed by atoms with E-state index in [-0.39, 0.29) is 17.2 Å². The Hall–Kier alpha value is -3.09. The monoisotopic (exact) mass is 342 g/mol. The van der Waals surface area contributed by atoms with Crippen molar-refractivity contribution in [1.82, 2.24) is 5.32 Å².